The summed E-state index contributed by atoms with van der Waals surface area (Å²) in [4.78, 5) is 7.23. The Morgan fingerprint density at radius 2 is 1.56 bits per heavy atom. The van der Waals surface area contributed by atoms with Gasteiger partial charge in [-0.2, -0.15) is 0 Å². The fourth-order valence-corrected chi connectivity index (χ4v) is 3.79. The zero-order valence-corrected chi connectivity index (χ0v) is 15.9. The number of rotatable bonds is 4. The van der Waals surface area contributed by atoms with Crippen LogP contribution in [0, 0.1) is 6.92 Å². The van der Waals surface area contributed by atoms with Gasteiger partial charge in [-0.15, -0.1) is 0 Å². The summed E-state index contributed by atoms with van der Waals surface area (Å²) in [7, 11) is 0. The zero-order valence-electron chi connectivity index (χ0n) is 15.9. The third-order valence-electron chi connectivity index (χ3n) is 5.16. The molecule has 27 heavy (non-hydrogen) atoms. The number of piperidine rings is 1. The Hall–Kier alpha value is -2.87. The molecule has 1 aliphatic rings. The number of benzene rings is 2. The maximum atomic E-state index is 4.73. The molecule has 0 bridgehead atoms. The SMILES string of the molecule is Cc1cc(N2CCCCC2)cc(/C=C/c2ccccc2-c2ccccc2)n1. The molecule has 0 atom stereocenters. The van der Waals surface area contributed by atoms with Crippen molar-refractivity contribution in [3.05, 3.63) is 83.7 Å². The molecular formula is C25H26N2. The van der Waals surface area contributed by atoms with Gasteiger partial charge >= 0.3 is 0 Å². The van der Waals surface area contributed by atoms with Gasteiger partial charge in [-0.05, 0) is 61.1 Å². The molecule has 0 aliphatic carbocycles. The van der Waals surface area contributed by atoms with Crippen LogP contribution in [0.25, 0.3) is 23.3 Å². The Balaban J connectivity index is 1.63. The molecule has 4 rings (SSSR count). The summed E-state index contributed by atoms with van der Waals surface area (Å²) in [5, 5.41) is 0. The van der Waals surface area contributed by atoms with E-state index in [1.165, 1.54) is 41.6 Å². The van der Waals surface area contributed by atoms with E-state index in [4.69, 9.17) is 4.98 Å². The standard InChI is InChI=1S/C25H26N2/c1-20-18-24(27-16-8-3-9-17-27)19-23(26-20)15-14-22-12-6-7-13-25(22)21-10-4-2-5-11-21/h2,4-7,10-15,18-19H,3,8-9,16-17H2,1H3/b15-14+. The zero-order chi connectivity index (χ0) is 18.5. The van der Waals surface area contributed by atoms with E-state index in [1.807, 2.05) is 0 Å². The maximum Gasteiger partial charge on any atom is 0.0653 e. The molecule has 0 unspecified atom stereocenters. The van der Waals surface area contributed by atoms with Crippen LogP contribution < -0.4 is 4.90 Å². The average molecular weight is 354 g/mol. The fourth-order valence-electron chi connectivity index (χ4n) is 3.79. The predicted molar refractivity (Wildman–Crippen MR) is 116 cm³/mol. The van der Waals surface area contributed by atoms with Crippen molar-refractivity contribution in [1.82, 2.24) is 4.98 Å². The molecule has 1 fully saturated rings. The minimum atomic E-state index is 1.03. The van der Waals surface area contributed by atoms with E-state index in [9.17, 15) is 0 Å². The Labute approximate surface area is 162 Å². The highest BCUT2D eigenvalue weighted by atomic mass is 15.1. The normalized spacial score (nSPS) is 14.6. The highest BCUT2D eigenvalue weighted by Gasteiger charge is 2.12. The molecule has 2 nitrogen and oxygen atoms in total. The maximum absolute atomic E-state index is 4.73. The van der Waals surface area contributed by atoms with Gasteiger partial charge in [0.1, 0.15) is 0 Å². The monoisotopic (exact) mass is 354 g/mol. The van der Waals surface area contributed by atoms with Crippen LogP contribution in [0.3, 0.4) is 0 Å². The first kappa shape index (κ1) is 17.5. The van der Waals surface area contributed by atoms with Gasteiger partial charge in [0, 0.05) is 24.5 Å². The van der Waals surface area contributed by atoms with Crippen LogP contribution in [-0.4, -0.2) is 18.1 Å². The smallest absolute Gasteiger partial charge is 0.0653 e. The molecule has 2 heteroatoms. The summed E-state index contributed by atoms with van der Waals surface area (Å²) in [6, 6.07) is 23.5. The van der Waals surface area contributed by atoms with Crippen molar-refractivity contribution in [3.8, 4) is 11.1 Å². The highest BCUT2D eigenvalue weighted by molar-refractivity contribution is 5.80. The molecule has 0 saturated carbocycles. The molecule has 3 aromatic rings. The number of aryl methyl sites for hydroxylation is 1. The van der Waals surface area contributed by atoms with Gasteiger partial charge in [0.2, 0.25) is 0 Å². The van der Waals surface area contributed by atoms with Gasteiger partial charge in [0.25, 0.3) is 0 Å². The Bertz CT molecular complexity index is 922. The van der Waals surface area contributed by atoms with Crippen molar-refractivity contribution in [1.29, 1.82) is 0 Å². The number of anilines is 1. The van der Waals surface area contributed by atoms with Crippen LogP contribution in [0.4, 0.5) is 5.69 Å². The fraction of sp³-hybridized carbons (Fsp3) is 0.240. The van der Waals surface area contributed by atoms with Crippen LogP contribution >= 0.6 is 0 Å². The number of pyridine rings is 1. The van der Waals surface area contributed by atoms with Gasteiger partial charge in [-0.1, -0.05) is 60.7 Å². The first-order valence-corrected chi connectivity index (χ1v) is 9.86. The van der Waals surface area contributed by atoms with Crippen LogP contribution in [-0.2, 0) is 0 Å². The Morgan fingerprint density at radius 3 is 2.37 bits per heavy atom. The minimum Gasteiger partial charge on any atom is -0.371 e. The van der Waals surface area contributed by atoms with Gasteiger partial charge in [0.15, 0.2) is 0 Å². The van der Waals surface area contributed by atoms with E-state index < -0.39 is 0 Å². The first-order valence-electron chi connectivity index (χ1n) is 9.86. The van der Waals surface area contributed by atoms with E-state index in [1.54, 1.807) is 0 Å². The predicted octanol–water partition coefficient (Wildman–Crippen LogP) is 6.22. The van der Waals surface area contributed by atoms with Crippen molar-refractivity contribution in [2.24, 2.45) is 0 Å². The number of aromatic nitrogens is 1. The van der Waals surface area contributed by atoms with Crippen LogP contribution in [0.5, 0.6) is 0 Å². The summed E-state index contributed by atoms with van der Waals surface area (Å²) in [6.45, 7) is 4.40. The summed E-state index contributed by atoms with van der Waals surface area (Å²) < 4.78 is 0. The molecule has 1 saturated heterocycles. The first-order chi connectivity index (χ1) is 13.3. The van der Waals surface area contributed by atoms with Crippen LogP contribution in [0.1, 0.15) is 36.2 Å². The summed E-state index contributed by atoms with van der Waals surface area (Å²) in [6.07, 6.45) is 8.25. The molecule has 1 aromatic heterocycles. The van der Waals surface area contributed by atoms with Crippen molar-refractivity contribution in [2.45, 2.75) is 26.2 Å². The topological polar surface area (TPSA) is 16.1 Å². The van der Waals surface area contributed by atoms with Gasteiger partial charge in [-0.25, -0.2) is 0 Å². The second-order valence-electron chi connectivity index (χ2n) is 7.23. The largest absolute Gasteiger partial charge is 0.371 e. The number of hydrogen-bond acceptors (Lipinski definition) is 2. The Kier molecular flexibility index (Phi) is 5.34. The molecule has 0 spiro atoms. The van der Waals surface area contributed by atoms with Crippen molar-refractivity contribution < 1.29 is 0 Å². The average Bonchev–Trinajstić information content (AvgIpc) is 2.73. The lowest BCUT2D eigenvalue weighted by atomic mass is 9.99. The molecule has 1 aliphatic heterocycles. The quantitative estimate of drug-likeness (QED) is 0.553. The lowest BCUT2D eigenvalue weighted by Gasteiger charge is -2.29. The molecule has 136 valence electrons. The highest BCUT2D eigenvalue weighted by Crippen LogP contribution is 2.26. The van der Waals surface area contributed by atoms with Crippen molar-refractivity contribution >= 4 is 17.8 Å². The van der Waals surface area contributed by atoms with E-state index >= 15 is 0 Å². The second kappa shape index (κ2) is 8.22. The summed E-state index contributed by atoms with van der Waals surface area (Å²) >= 11 is 0. The third-order valence-corrected chi connectivity index (χ3v) is 5.16. The van der Waals surface area contributed by atoms with Crippen LogP contribution in [0.2, 0.25) is 0 Å². The second-order valence-corrected chi connectivity index (χ2v) is 7.23. The van der Waals surface area contributed by atoms with E-state index in [0.29, 0.717) is 0 Å². The third kappa shape index (κ3) is 4.28. The molecule has 0 N–H and O–H groups in total. The van der Waals surface area contributed by atoms with Gasteiger partial charge in [-0.3, -0.25) is 4.98 Å². The van der Waals surface area contributed by atoms with E-state index in [0.717, 1.165) is 24.5 Å². The number of nitrogens with zero attached hydrogens (tertiary/aromatic N) is 2. The van der Waals surface area contributed by atoms with E-state index in [2.05, 4.69) is 90.7 Å². The lowest BCUT2D eigenvalue weighted by Crippen LogP contribution is -2.29. The van der Waals surface area contributed by atoms with E-state index in [-0.39, 0.29) is 0 Å². The van der Waals surface area contributed by atoms with Crippen LogP contribution in [0.15, 0.2) is 66.7 Å². The minimum absolute atomic E-state index is 1.03. The van der Waals surface area contributed by atoms with Crippen molar-refractivity contribution in [2.75, 3.05) is 18.0 Å². The van der Waals surface area contributed by atoms with Gasteiger partial charge in [0.05, 0.1) is 5.69 Å². The molecule has 0 amide bonds. The lowest BCUT2D eigenvalue weighted by molar-refractivity contribution is 0.577. The molecular weight excluding hydrogens is 328 g/mol. The molecule has 2 aromatic carbocycles. The molecule has 2 heterocycles. The van der Waals surface area contributed by atoms with Crippen molar-refractivity contribution in [3.63, 3.8) is 0 Å². The summed E-state index contributed by atoms with van der Waals surface area (Å²) in [5.41, 5.74) is 7.11. The van der Waals surface area contributed by atoms with Gasteiger partial charge < -0.3 is 4.90 Å². The number of hydrogen-bond donors (Lipinski definition) is 0. The Morgan fingerprint density at radius 1 is 0.815 bits per heavy atom. The summed E-state index contributed by atoms with van der Waals surface area (Å²) in [5.74, 6) is 0. The molecule has 0 radical (unpaired) electrons.